The molecule has 0 spiro atoms. The number of carbonyl (C=O) groups is 1. The van der Waals surface area contributed by atoms with Crippen molar-refractivity contribution in [3.63, 3.8) is 0 Å². The fourth-order valence-corrected chi connectivity index (χ4v) is 3.37. The molecule has 1 atom stereocenters. The van der Waals surface area contributed by atoms with Gasteiger partial charge in [-0.15, -0.1) is 0 Å². The minimum atomic E-state index is 0.254. The Balaban J connectivity index is 1.71. The molecule has 3 rings (SSSR count). The lowest BCUT2D eigenvalue weighted by Gasteiger charge is -2.31. The van der Waals surface area contributed by atoms with Crippen LogP contribution in [-0.4, -0.2) is 44.8 Å². The van der Waals surface area contributed by atoms with Gasteiger partial charge in [-0.2, -0.15) is 0 Å². The van der Waals surface area contributed by atoms with Gasteiger partial charge in [0, 0.05) is 50.5 Å². The van der Waals surface area contributed by atoms with Gasteiger partial charge in [-0.05, 0) is 18.9 Å². The minimum absolute atomic E-state index is 0.254. The van der Waals surface area contributed by atoms with Crippen LogP contribution in [-0.2, 0) is 17.9 Å². The summed E-state index contributed by atoms with van der Waals surface area (Å²) in [6, 6.07) is 10.5. The van der Waals surface area contributed by atoms with Gasteiger partial charge in [0.25, 0.3) is 0 Å². The average Bonchev–Trinajstić information content (AvgIpc) is 2.94. The van der Waals surface area contributed by atoms with E-state index < -0.39 is 0 Å². The normalized spacial score (nSPS) is 19.5. The predicted molar refractivity (Wildman–Crippen MR) is 94.3 cm³/mol. The fourth-order valence-electron chi connectivity index (χ4n) is 3.37. The highest BCUT2D eigenvalue weighted by Gasteiger charge is 2.28. The van der Waals surface area contributed by atoms with Crippen molar-refractivity contribution in [1.29, 1.82) is 0 Å². The van der Waals surface area contributed by atoms with Gasteiger partial charge in [0.2, 0.25) is 5.91 Å². The zero-order valence-corrected chi connectivity index (χ0v) is 14.5. The van der Waals surface area contributed by atoms with Crippen LogP contribution < -0.4 is 0 Å². The van der Waals surface area contributed by atoms with E-state index in [-0.39, 0.29) is 11.9 Å². The van der Waals surface area contributed by atoms with E-state index in [4.69, 9.17) is 0 Å². The molecule has 1 aliphatic rings. The van der Waals surface area contributed by atoms with E-state index >= 15 is 0 Å². The van der Waals surface area contributed by atoms with Gasteiger partial charge >= 0.3 is 0 Å². The monoisotopic (exact) mass is 326 g/mol. The first kappa shape index (κ1) is 16.7. The number of amides is 1. The maximum atomic E-state index is 12.7. The van der Waals surface area contributed by atoms with Crippen molar-refractivity contribution < 1.29 is 4.79 Å². The summed E-state index contributed by atoms with van der Waals surface area (Å²) in [4.78, 5) is 24.7. The van der Waals surface area contributed by atoms with Gasteiger partial charge in [-0.1, -0.05) is 37.3 Å². The summed E-state index contributed by atoms with van der Waals surface area (Å²) in [6.07, 6.45) is 3.44. The molecule has 1 N–H and O–H groups in total. The molecule has 24 heavy (non-hydrogen) atoms. The van der Waals surface area contributed by atoms with Crippen LogP contribution in [0.3, 0.4) is 0 Å². The predicted octanol–water partition coefficient (Wildman–Crippen LogP) is 2.73. The molecule has 0 radical (unpaired) electrons. The van der Waals surface area contributed by atoms with Crippen molar-refractivity contribution in [3.8, 4) is 0 Å². The number of imidazole rings is 1. The molecule has 128 valence electrons. The Kier molecular flexibility index (Phi) is 5.30. The standard InChI is InChI=1S/C19H26N4O/c1-3-18-14-22(13-17-11-20-15(2)21-17)10-9-19(24)23(18)12-16-7-5-4-6-8-16/h4-8,11,18H,3,9-10,12-14H2,1-2H3,(H,20,21). The molecule has 1 unspecified atom stereocenters. The second-order valence-electron chi connectivity index (χ2n) is 6.55. The Labute approximate surface area is 143 Å². The molecule has 1 saturated heterocycles. The number of aromatic amines is 1. The molecule has 1 aromatic carbocycles. The second kappa shape index (κ2) is 7.62. The SMILES string of the molecule is CCC1CN(Cc2cnc(C)[nH]2)CCC(=O)N1Cc1ccccc1. The van der Waals surface area contributed by atoms with Gasteiger partial charge in [-0.3, -0.25) is 9.69 Å². The molecular formula is C19H26N4O. The highest BCUT2D eigenvalue weighted by Crippen LogP contribution is 2.19. The van der Waals surface area contributed by atoms with Gasteiger partial charge in [0.05, 0.1) is 0 Å². The average molecular weight is 326 g/mol. The van der Waals surface area contributed by atoms with E-state index in [9.17, 15) is 4.79 Å². The van der Waals surface area contributed by atoms with Crippen molar-refractivity contribution in [1.82, 2.24) is 19.8 Å². The van der Waals surface area contributed by atoms with Crippen LogP contribution in [0.2, 0.25) is 0 Å². The second-order valence-corrected chi connectivity index (χ2v) is 6.55. The topological polar surface area (TPSA) is 52.2 Å². The van der Waals surface area contributed by atoms with Crippen molar-refractivity contribution in [3.05, 3.63) is 53.6 Å². The summed E-state index contributed by atoms with van der Waals surface area (Å²) < 4.78 is 0. The molecule has 0 aliphatic carbocycles. The van der Waals surface area contributed by atoms with Crippen LogP contribution in [0.25, 0.3) is 0 Å². The van der Waals surface area contributed by atoms with E-state index in [1.807, 2.05) is 31.3 Å². The van der Waals surface area contributed by atoms with E-state index in [1.165, 1.54) is 5.56 Å². The first-order valence-electron chi connectivity index (χ1n) is 8.72. The van der Waals surface area contributed by atoms with Crippen molar-refractivity contribution in [2.75, 3.05) is 13.1 Å². The van der Waals surface area contributed by atoms with Crippen LogP contribution in [0.5, 0.6) is 0 Å². The van der Waals surface area contributed by atoms with Crippen molar-refractivity contribution in [2.24, 2.45) is 0 Å². The zero-order chi connectivity index (χ0) is 16.9. The number of nitrogens with zero attached hydrogens (tertiary/aromatic N) is 3. The Hall–Kier alpha value is -2.14. The lowest BCUT2D eigenvalue weighted by atomic mass is 10.1. The molecule has 0 saturated carbocycles. The Bertz CT molecular complexity index is 667. The van der Waals surface area contributed by atoms with Crippen LogP contribution in [0.1, 0.15) is 36.8 Å². The maximum Gasteiger partial charge on any atom is 0.224 e. The first-order chi connectivity index (χ1) is 11.7. The third-order valence-corrected chi connectivity index (χ3v) is 4.69. The smallest absolute Gasteiger partial charge is 0.224 e. The molecule has 1 fully saturated rings. The first-order valence-corrected chi connectivity index (χ1v) is 8.72. The third kappa shape index (κ3) is 4.03. The van der Waals surface area contributed by atoms with Crippen molar-refractivity contribution >= 4 is 5.91 Å². The number of nitrogens with one attached hydrogen (secondary N) is 1. The Morgan fingerprint density at radius 3 is 2.71 bits per heavy atom. The zero-order valence-electron chi connectivity index (χ0n) is 14.5. The molecule has 1 aromatic heterocycles. The largest absolute Gasteiger partial charge is 0.345 e. The summed E-state index contributed by atoms with van der Waals surface area (Å²) in [5, 5.41) is 0. The molecule has 5 heteroatoms. The van der Waals surface area contributed by atoms with Crippen LogP contribution in [0.4, 0.5) is 0 Å². The fraction of sp³-hybridized carbons (Fsp3) is 0.474. The summed E-state index contributed by atoms with van der Waals surface area (Å²) in [6.45, 7) is 7.37. The van der Waals surface area contributed by atoms with Crippen molar-refractivity contribution in [2.45, 2.75) is 45.8 Å². The number of H-pyrrole nitrogens is 1. The third-order valence-electron chi connectivity index (χ3n) is 4.69. The summed E-state index contributed by atoms with van der Waals surface area (Å²) >= 11 is 0. The molecule has 2 aromatic rings. The number of aryl methyl sites for hydroxylation is 1. The maximum absolute atomic E-state index is 12.7. The number of hydrogen-bond acceptors (Lipinski definition) is 3. The molecule has 2 heterocycles. The number of rotatable bonds is 5. The number of aromatic nitrogens is 2. The molecule has 1 aliphatic heterocycles. The van der Waals surface area contributed by atoms with E-state index in [0.717, 1.165) is 37.6 Å². The van der Waals surface area contributed by atoms with E-state index in [0.29, 0.717) is 13.0 Å². The van der Waals surface area contributed by atoms with Gasteiger partial charge in [-0.25, -0.2) is 4.98 Å². The van der Waals surface area contributed by atoms with Gasteiger partial charge in [0.15, 0.2) is 0 Å². The van der Waals surface area contributed by atoms with Crippen LogP contribution >= 0.6 is 0 Å². The van der Waals surface area contributed by atoms with E-state index in [2.05, 4.69) is 38.8 Å². The van der Waals surface area contributed by atoms with Gasteiger partial charge < -0.3 is 9.88 Å². The lowest BCUT2D eigenvalue weighted by Crippen LogP contribution is -2.42. The highest BCUT2D eigenvalue weighted by molar-refractivity contribution is 5.77. The number of carbonyl (C=O) groups excluding carboxylic acids is 1. The number of hydrogen-bond donors (Lipinski definition) is 1. The van der Waals surface area contributed by atoms with Gasteiger partial charge in [0.1, 0.15) is 5.82 Å². The molecule has 0 bridgehead atoms. The van der Waals surface area contributed by atoms with Crippen LogP contribution in [0, 0.1) is 6.92 Å². The Morgan fingerprint density at radius 2 is 2.04 bits per heavy atom. The Morgan fingerprint density at radius 1 is 1.25 bits per heavy atom. The highest BCUT2D eigenvalue weighted by atomic mass is 16.2. The minimum Gasteiger partial charge on any atom is -0.345 e. The van der Waals surface area contributed by atoms with E-state index in [1.54, 1.807) is 0 Å². The molecule has 5 nitrogen and oxygen atoms in total. The lowest BCUT2D eigenvalue weighted by molar-refractivity contribution is -0.133. The summed E-state index contributed by atoms with van der Waals surface area (Å²) in [5.74, 6) is 1.20. The number of benzene rings is 1. The summed E-state index contributed by atoms with van der Waals surface area (Å²) in [5.41, 5.74) is 2.31. The molecular weight excluding hydrogens is 300 g/mol. The quantitative estimate of drug-likeness (QED) is 0.919. The van der Waals surface area contributed by atoms with Crippen LogP contribution in [0.15, 0.2) is 36.5 Å². The summed E-state index contributed by atoms with van der Waals surface area (Å²) in [7, 11) is 0. The molecule has 1 amide bonds.